The van der Waals surface area contributed by atoms with Gasteiger partial charge in [-0.3, -0.25) is 0 Å². The van der Waals surface area contributed by atoms with Gasteiger partial charge in [0, 0.05) is 24.8 Å². The van der Waals surface area contributed by atoms with Crippen molar-refractivity contribution in [1.29, 1.82) is 0 Å². The second kappa shape index (κ2) is 6.11. The van der Waals surface area contributed by atoms with Gasteiger partial charge in [0.1, 0.15) is 0 Å². The number of nitrogens with one attached hydrogen (secondary N) is 1. The first kappa shape index (κ1) is 14.1. The molecule has 0 aliphatic heterocycles. The fourth-order valence-electron chi connectivity index (χ4n) is 1.42. The lowest BCUT2D eigenvalue weighted by Gasteiger charge is -2.12. The molecule has 0 saturated heterocycles. The molecular weight excluding hydrogens is 242 g/mol. The largest absolute Gasteiger partial charge is 0.339 e. The predicted molar refractivity (Wildman–Crippen MR) is 64.5 cm³/mol. The summed E-state index contributed by atoms with van der Waals surface area (Å²) in [7, 11) is -2.92. The molecule has 0 saturated carbocycles. The smallest absolute Gasteiger partial charge is 0.227 e. The van der Waals surface area contributed by atoms with E-state index in [-0.39, 0.29) is 17.5 Å². The number of hydrogen-bond acceptors (Lipinski definition) is 6. The minimum atomic E-state index is -2.92. The average Bonchev–Trinajstić information content (AvgIpc) is 2.63. The number of sulfone groups is 1. The van der Waals surface area contributed by atoms with Gasteiger partial charge in [-0.1, -0.05) is 12.1 Å². The van der Waals surface area contributed by atoms with E-state index >= 15 is 0 Å². The van der Waals surface area contributed by atoms with Crippen LogP contribution in [-0.2, 0) is 16.3 Å². The van der Waals surface area contributed by atoms with Gasteiger partial charge in [-0.2, -0.15) is 4.98 Å². The fraction of sp³-hybridized carbons (Fsp3) is 0.800. The van der Waals surface area contributed by atoms with Crippen LogP contribution in [0, 0.1) is 6.92 Å². The summed E-state index contributed by atoms with van der Waals surface area (Å²) in [6, 6.07) is -0.0658. The third-order valence-electron chi connectivity index (χ3n) is 2.35. The summed E-state index contributed by atoms with van der Waals surface area (Å²) in [5, 5.41) is 6.80. The maximum absolute atomic E-state index is 11.4. The minimum absolute atomic E-state index is 0.0658. The second-order valence-electron chi connectivity index (χ2n) is 4.04. The summed E-state index contributed by atoms with van der Waals surface area (Å²) in [6.45, 7) is 5.90. The van der Waals surface area contributed by atoms with E-state index in [4.69, 9.17) is 4.52 Å². The molecule has 1 atom stereocenters. The van der Waals surface area contributed by atoms with Crippen molar-refractivity contribution in [3.05, 3.63) is 11.7 Å². The summed E-state index contributed by atoms with van der Waals surface area (Å²) < 4.78 is 27.7. The molecule has 0 aliphatic carbocycles. The second-order valence-corrected chi connectivity index (χ2v) is 6.44. The molecule has 0 amide bonds. The first-order chi connectivity index (χ1) is 7.93. The molecule has 1 unspecified atom stereocenters. The highest BCUT2D eigenvalue weighted by atomic mass is 32.2. The van der Waals surface area contributed by atoms with Gasteiger partial charge in [0.2, 0.25) is 5.89 Å². The van der Waals surface area contributed by atoms with Crippen LogP contribution in [0.25, 0.3) is 0 Å². The van der Waals surface area contributed by atoms with Gasteiger partial charge in [-0.05, 0) is 13.8 Å². The summed E-state index contributed by atoms with van der Waals surface area (Å²) >= 11 is 0. The highest BCUT2D eigenvalue weighted by molar-refractivity contribution is 7.91. The van der Waals surface area contributed by atoms with Gasteiger partial charge in [0.25, 0.3) is 0 Å². The zero-order valence-corrected chi connectivity index (χ0v) is 11.2. The van der Waals surface area contributed by atoms with Crippen LogP contribution in [-0.4, -0.2) is 42.7 Å². The lowest BCUT2D eigenvalue weighted by Crippen LogP contribution is -2.34. The molecule has 1 aromatic rings. The lowest BCUT2D eigenvalue weighted by molar-refractivity contribution is 0.370. The number of aryl methyl sites for hydroxylation is 1. The number of aromatic nitrogens is 2. The highest BCUT2D eigenvalue weighted by Crippen LogP contribution is 1.97. The third kappa shape index (κ3) is 5.27. The molecular formula is C10H19N3O3S. The van der Waals surface area contributed by atoms with Gasteiger partial charge in [0.15, 0.2) is 15.7 Å². The van der Waals surface area contributed by atoms with E-state index in [2.05, 4.69) is 15.5 Å². The number of nitrogens with zero attached hydrogens (tertiary/aromatic N) is 2. The Balaban J connectivity index is 2.27. The molecule has 0 bridgehead atoms. The zero-order valence-electron chi connectivity index (χ0n) is 10.4. The Hall–Kier alpha value is -0.950. The quantitative estimate of drug-likeness (QED) is 0.761. The number of hydrogen-bond donors (Lipinski definition) is 1. The van der Waals surface area contributed by atoms with E-state index in [1.807, 2.05) is 6.92 Å². The SMILES string of the molecule is CCS(=O)(=O)CC(C)NCCc1nc(C)no1. The maximum Gasteiger partial charge on any atom is 0.227 e. The molecule has 98 valence electrons. The number of rotatable bonds is 7. The van der Waals surface area contributed by atoms with E-state index in [0.29, 0.717) is 24.7 Å². The molecule has 0 aromatic carbocycles. The average molecular weight is 261 g/mol. The van der Waals surface area contributed by atoms with Crippen molar-refractivity contribution < 1.29 is 12.9 Å². The summed E-state index contributed by atoms with van der Waals surface area (Å²) in [6.07, 6.45) is 0.608. The third-order valence-corrected chi connectivity index (χ3v) is 4.23. The van der Waals surface area contributed by atoms with Gasteiger partial charge < -0.3 is 9.84 Å². The Morgan fingerprint density at radius 2 is 2.18 bits per heavy atom. The Bertz CT molecular complexity index is 441. The first-order valence-corrected chi connectivity index (χ1v) is 7.48. The van der Waals surface area contributed by atoms with Crippen molar-refractivity contribution in [3.63, 3.8) is 0 Å². The monoisotopic (exact) mass is 261 g/mol. The molecule has 17 heavy (non-hydrogen) atoms. The van der Waals surface area contributed by atoms with Crippen molar-refractivity contribution in [2.45, 2.75) is 33.2 Å². The lowest BCUT2D eigenvalue weighted by atomic mass is 10.3. The van der Waals surface area contributed by atoms with E-state index in [1.54, 1.807) is 13.8 Å². The van der Waals surface area contributed by atoms with Crippen LogP contribution in [0.2, 0.25) is 0 Å². The van der Waals surface area contributed by atoms with E-state index < -0.39 is 9.84 Å². The fourth-order valence-corrected chi connectivity index (χ4v) is 2.54. The van der Waals surface area contributed by atoms with Gasteiger partial charge in [-0.15, -0.1) is 0 Å². The molecule has 0 fully saturated rings. The Kier molecular flexibility index (Phi) is 5.07. The molecule has 1 N–H and O–H groups in total. The van der Waals surface area contributed by atoms with E-state index in [1.165, 1.54) is 0 Å². The van der Waals surface area contributed by atoms with Crippen LogP contribution in [0.3, 0.4) is 0 Å². The van der Waals surface area contributed by atoms with Crippen LogP contribution in [0.5, 0.6) is 0 Å². The van der Waals surface area contributed by atoms with E-state index in [0.717, 1.165) is 0 Å². The molecule has 1 heterocycles. The Labute approximate surface area is 102 Å². The van der Waals surface area contributed by atoms with Crippen molar-refractivity contribution in [2.75, 3.05) is 18.1 Å². The molecule has 7 heteroatoms. The Morgan fingerprint density at radius 1 is 1.47 bits per heavy atom. The predicted octanol–water partition coefficient (Wildman–Crippen LogP) is 0.333. The van der Waals surface area contributed by atoms with Crippen molar-refractivity contribution in [2.24, 2.45) is 0 Å². The van der Waals surface area contributed by atoms with E-state index in [9.17, 15) is 8.42 Å². The Morgan fingerprint density at radius 3 is 2.71 bits per heavy atom. The van der Waals surface area contributed by atoms with Gasteiger partial charge >= 0.3 is 0 Å². The molecule has 1 rings (SSSR count). The summed E-state index contributed by atoms with van der Waals surface area (Å²) in [5.74, 6) is 1.52. The van der Waals surface area contributed by atoms with Crippen molar-refractivity contribution in [3.8, 4) is 0 Å². The minimum Gasteiger partial charge on any atom is -0.339 e. The molecule has 0 radical (unpaired) electrons. The van der Waals surface area contributed by atoms with Crippen molar-refractivity contribution >= 4 is 9.84 Å². The zero-order chi connectivity index (χ0) is 12.9. The standard InChI is InChI=1S/C10H19N3O3S/c1-4-17(14,15)7-8(2)11-6-5-10-12-9(3)13-16-10/h8,11H,4-7H2,1-3H3. The first-order valence-electron chi connectivity index (χ1n) is 5.66. The van der Waals surface area contributed by atoms with Crippen LogP contribution in [0.4, 0.5) is 0 Å². The van der Waals surface area contributed by atoms with Crippen LogP contribution in [0.15, 0.2) is 4.52 Å². The van der Waals surface area contributed by atoms with Crippen LogP contribution in [0.1, 0.15) is 25.6 Å². The molecule has 0 aliphatic rings. The molecule has 0 spiro atoms. The highest BCUT2D eigenvalue weighted by Gasteiger charge is 2.13. The van der Waals surface area contributed by atoms with Gasteiger partial charge in [-0.25, -0.2) is 8.42 Å². The molecule has 1 aromatic heterocycles. The maximum atomic E-state index is 11.4. The van der Waals surface area contributed by atoms with Crippen LogP contribution >= 0.6 is 0 Å². The summed E-state index contributed by atoms with van der Waals surface area (Å²) in [5.41, 5.74) is 0. The molecule has 6 nitrogen and oxygen atoms in total. The van der Waals surface area contributed by atoms with Gasteiger partial charge in [0.05, 0.1) is 5.75 Å². The topological polar surface area (TPSA) is 85.1 Å². The van der Waals surface area contributed by atoms with Crippen LogP contribution < -0.4 is 5.32 Å². The summed E-state index contributed by atoms with van der Waals surface area (Å²) in [4.78, 5) is 4.06. The normalized spacial score (nSPS) is 13.8. The van der Waals surface area contributed by atoms with Crippen molar-refractivity contribution in [1.82, 2.24) is 15.5 Å².